The molecule has 1 amide bonds. The number of hydrogen-bond acceptors (Lipinski definition) is 3. The standard InChI is InChI=1S/C35H42N2O2/c1-26-25-37(20-9-13-27-11-4-2-5-12-27)31-22-30(23-35(26,24-31)29-16-8-17-32(38)21-29)36-33(39)34(18-10-19-34)28-14-6-3-7-15-28/h2-8,11-12,14-17,21,26,30-31,38H,9-10,13,18-20,22-25H2,1H3,(H,36,39)/t26-,30+,31+,35+/m0/s1. The van der Waals surface area contributed by atoms with E-state index in [-0.39, 0.29) is 22.8 Å². The third-order valence-electron chi connectivity index (χ3n) is 10.2. The van der Waals surface area contributed by atoms with Gasteiger partial charge in [-0.15, -0.1) is 0 Å². The van der Waals surface area contributed by atoms with Crippen LogP contribution in [0.15, 0.2) is 84.9 Å². The summed E-state index contributed by atoms with van der Waals surface area (Å²) in [6.07, 6.45) is 8.21. The van der Waals surface area contributed by atoms with Crippen LogP contribution in [0.25, 0.3) is 0 Å². The number of nitrogens with zero attached hydrogens (tertiary/aromatic N) is 1. The summed E-state index contributed by atoms with van der Waals surface area (Å²) in [5.74, 6) is 0.970. The maximum absolute atomic E-state index is 14.0. The third-order valence-corrected chi connectivity index (χ3v) is 10.2. The second-order valence-electron chi connectivity index (χ2n) is 12.5. The first-order valence-corrected chi connectivity index (χ1v) is 14.9. The number of carbonyl (C=O) groups excluding carboxylic acids is 1. The van der Waals surface area contributed by atoms with Gasteiger partial charge in [-0.2, -0.15) is 0 Å². The SMILES string of the molecule is C[C@H]1CN(CCCc2ccccc2)[C@@H]2C[C@@H](NC(=O)C3(c4ccccc4)CCC3)C[C@@]1(c1cccc(O)c1)C2. The van der Waals surface area contributed by atoms with Crippen molar-refractivity contribution in [2.45, 2.75) is 81.2 Å². The van der Waals surface area contributed by atoms with Gasteiger partial charge in [-0.05, 0) is 86.2 Å². The fourth-order valence-electron chi connectivity index (χ4n) is 7.90. The number of aryl methyl sites for hydroxylation is 1. The van der Waals surface area contributed by atoms with E-state index in [9.17, 15) is 9.90 Å². The average Bonchev–Trinajstić information content (AvgIpc) is 2.92. The van der Waals surface area contributed by atoms with Gasteiger partial charge in [0.15, 0.2) is 0 Å². The number of amides is 1. The van der Waals surface area contributed by atoms with E-state index in [1.807, 2.05) is 18.2 Å². The molecule has 3 aromatic carbocycles. The van der Waals surface area contributed by atoms with Gasteiger partial charge < -0.3 is 10.4 Å². The Bertz CT molecular complexity index is 1270. The molecule has 2 aliphatic carbocycles. The van der Waals surface area contributed by atoms with E-state index in [4.69, 9.17) is 0 Å². The zero-order chi connectivity index (χ0) is 26.9. The molecule has 4 nitrogen and oxygen atoms in total. The summed E-state index contributed by atoms with van der Waals surface area (Å²) in [5, 5.41) is 14.0. The molecule has 3 fully saturated rings. The summed E-state index contributed by atoms with van der Waals surface area (Å²) in [5.41, 5.74) is 3.35. The van der Waals surface area contributed by atoms with Crippen molar-refractivity contribution >= 4 is 5.91 Å². The number of phenolic OH excluding ortho intramolecular Hbond substituents is 1. The fourth-order valence-corrected chi connectivity index (χ4v) is 7.90. The van der Waals surface area contributed by atoms with Gasteiger partial charge in [0.1, 0.15) is 5.75 Å². The topological polar surface area (TPSA) is 52.6 Å². The largest absolute Gasteiger partial charge is 0.508 e. The van der Waals surface area contributed by atoms with Crippen LogP contribution in [0.3, 0.4) is 0 Å². The molecule has 2 N–H and O–H groups in total. The van der Waals surface area contributed by atoms with Crippen LogP contribution in [0, 0.1) is 5.92 Å². The van der Waals surface area contributed by atoms with E-state index in [0.29, 0.717) is 17.7 Å². The molecule has 0 aromatic heterocycles. The Morgan fingerprint density at radius 1 is 0.949 bits per heavy atom. The lowest BCUT2D eigenvalue weighted by molar-refractivity contribution is -0.131. The molecule has 4 atom stereocenters. The van der Waals surface area contributed by atoms with Crippen molar-refractivity contribution < 1.29 is 9.90 Å². The van der Waals surface area contributed by atoms with E-state index in [0.717, 1.165) is 70.0 Å². The number of rotatable bonds is 8. The highest BCUT2D eigenvalue weighted by atomic mass is 16.3. The molecule has 1 saturated heterocycles. The van der Waals surface area contributed by atoms with E-state index in [1.54, 1.807) is 6.07 Å². The molecule has 4 heteroatoms. The Morgan fingerprint density at radius 3 is 2.36 bits per heavy atom. The quantitative estimate of drug-likeness (QED) is 0.361. The Hall–Kier alpha value is -3.11. The molecule has 0 spiro atoms. The number of phenols is 1. The second kappa shape index (κ2) is 10.8. The summed E-state index contributed by atoms with van der Waals surface area (Å²) >= 11 is 0. The van der Waals surface area contributed by atoms with Gasteiger partial charge >= 0.3 is 0 Å². The zero-order valence-corrected chi connectivity index (χ0v) is 23.2. The van der Waals surface area contributed by atoms with Gasteiger partial charge in [0.05, 0.1) is 5.41 Å². The molecule has 1 aliphatic heterocycles. The number of likely N-dealkylation sites (tertiary alicyclic amines) is 1. The smallest absolute Gasteiger partial charge is 0.230 e. The van der Waals surface area contributed by atoms with Gasteiger partial charge in [0.25, 0.3) is 0 Å². The minimum absolute atomic E-state index is 0.0466. The van der Waals surface area contributed by atoms with E-state index >= 15 is 0 Å². The van der Waals surface area contributed by atoms with Gasteiger partial charge in [0.2, 0.25) is 5.91 Å². The van der Waals surface area contributed by atoms with Crippen molar-refractivity contribution in [2.24, 2.45) is 5.92 Å². The Labute approximate surface area is 233 Å². The van der Waals surface area contributed by atoms with Crippen molar-refractivity contribution in [2.75, 3.05) is 13.1 Å². The average molecular weight is 523 g/mol. The molecule has 1 heterocycles. The molecular weight excluding hydrogens is 480 g/mol. The predicted octanol–water partition coefficient (Wildman–Crippen LogP) is 6.37. The molecule has 3 aromatic rings. The lowest BCUT2D eigenvalue weighted by Crippen LogP contribution is -2.63. The number of benzene rings is 3. The van der Waals surface area contributed by atoms with Crippen molar-refractivity contribution in [3.63, 3.8) is 0 Å². The van der Waals surface area contributed by atoms with Gasteiger partial charge in [-0.3, -0.25) is 9.69 Å². The molecule has 2 bridgehead atoms. The monoisotopic (exact) mass is 522 g/mol. The Balaban J connectivity index is 1.24. The van der Waals surface area contributed by atoms with Crippen LogP contribution in [0.5, 0.6) is 5.75 Å². The molecule has 3 aliphatic rings. The number of aromatic hydroxyl groups is 1. The normalized spacial score (nSPS) is 27.9. The number of fused-ring (bicyclic) bond motifs is 2. The molecule has 39 heavy (non-hydrogen) atoms. The number of piperidine rings is 1. The molecule has 0 radical (unpaired) electrons. The molecule has 2 saturated carbocycles. The summed E-state index contributed by atoms with van der Waals surface area (Å²) in [4.78, 5) is 16.7. The second-order valence-corrected chi connectivity index (χ2v) is 12.5. The lowest BCUT2D eigenvalue weighted by atomic mass is 9.57. The molecule has 0 unspecified atom stereocenters. The molecule has 6 rings (SSSR count). The van der Waals surface area contributed by atoms with Crippen LogP contribution in [0.2, 0.25) is 0 Å². The number of carbonyl (C=O) groups is 1. The maximum Gasteiger partial charge on any atom is 0.230 e. The van der Waals surface area contributed by atoms with Crippen LogP contribution in [0.4, 0.5) is 0 Å². The Morgan fingerprint density at radius 2 is 1.67 bits per heavy atom. The summed E-state index contributed by atoms with van der Waals surface area (Å²) < 4.78 is 0. The zero-order valence-electron chi connectivity index (χ0n) is 23.2. The van der Waals surface area contributed by atoms with Crippen LogP contribution in [0.1, 0.15) is 68.6 Å². The number of nitrogens with one attached hydrogen (secondary N) is 1. The van der Waals surface area contributed by atoms with Crippen molar-refractivity contribution in [3.05, 3.63) is 102 Å². The first-order valence-electron chi connectivity index (χ1n) is 14.9. The third kappa shape index (κ3) is 5.00. The molecule has 204 valence electrons. The van der Waals surface area contributed by atoms with Crippen molar-refractivity contribution in [3.8, 4) is 5.75 Å². The predicted molar refractivity (Wildman–Crippen MR) is 157 cm³/mol. The summed E-state index contributed by atoms with van der Waals surface area (Å²) in [6.45, 7) is 4.52. The van der Waals surface area contributed by atoms with E-state index in [1.165, 1.54) is 11.1 Å². The van der Waals surface area contributed by atoms with Gasteiger partial charge in [-0.1, -0.05) is 86.1 Å². The minimum atomic E-state index is -0.382. The molecular formula is C35H42N2O2. The van der Waals surface area contributed by atoms with Gasteiger partial charge in [-0.25, -0.2) is 0 Å². The van der Waals surface area contributed by atoms with Crippen molar-refractivity contribution in [1.29, 1.82) is 0 Å². The highest BCUT2D eigenvalue weighted by Gasteiger charge is 2.52. The van der Waals surface area contributed by atoms with Crippen LogP contribution < -0.4 is 5.32 Å². The Kier molecular flexibility index (Phi) is 7.24. The highest BCUT2D eigenvalue weighted by molar-refractivity contribution is 5.89. The fraction of sp³-hybridized carbons (Fsp3) is 0.457. The van der Waals surface area contributed by atoms with E-state index < -0.39 is 0 Å². The summed E-state index contributed by atoms with van der Waals surface area (Å²) in [6, 6.07) is 29.6. The lowest BCUT2D eigenvalue weighted by Gasteiger charge is -2.57. The van der Waals surface area contributed by atoms with Crippen LogP contribution in [-0.2, 0) is 22.0 Å². The highest BCUT2D eigenvalue weighted by Crippen LogP contribution is 2.51. The maximum atomic E-state index is 14.0. The minimum Gasteiger partial charge on any atom is -0.508 e. The first-order chi connectivity index (χ1) is 19.0. The van der Waals surface area contributed by atoms with Crippen molar-refractivity contribution in [1.82, 2.24) is 10.2 Å². The summed E-state index contributed by atoms with van der Waals surface area (Å²) in [7, 11) is 0. The van der Waals surface area contributed by atoms with Crippen LogP contribution in [-0.4, -0.2) is 41.1 Å². The number of hydrogen-bond donors (Lipinski definition) is 2. The van der Waals surface area contributed by atoms with E-state index in [2.05, 4.69) is 77.8 Å². The first kappa shape index (κ1) is 26.1. The van der Waals surface area contributed by atoms with Gasteiger partial charge in [0, 0.05) is 24.0 Å². The van der Waals surface area contributed by atoms with Crippen LogP contribution >= 0.6 is 0 Å².